The van der Waals surface area contributed by atoms with Gasteiger partial charge in [0.15, 0.2) is 0 Å². The molecule has 44 heavy (non-hydrogen) atoms. The van der Waals surface area contributed by atoms with E-state index in [-0.39, 0.29) is 75.3 Å². The van der Waals surface area contributed by atoms with Crippen LogP contribution in [0.2, 0.25) is 0 Å². The fraction of sp³-hybridized carbons (Fsp3) is 0.917. The largest absolute Gasteiger partial charge is 0.465 e. The Hall–Kier alpha value is -1.67. The molecule has 4 atom stereocenters. The van der Waals surface area contributed by atoms with E-state index in [9.17, 15) is 19.5 Å². The van der Waals surface area contributed by atoms with Crippen LogP contribution in [0.25, 0.3) is 0 Å². The van der Waals surface area contributed by atoms with Crippen molar-refractivity contribution in [1.82, 2.24) is 0 Å². The van der Waals surface area contributed by atoms with E-state index >= 15 is 0 Å². The van der Waals surface area contributed by atoms with Crippen LogP contribution in [0.3, 0.4) is 0 Å². The fourth-order valence-corrected chi connectivity index (χ4v) is 5.21. The van der Waals surface area contributed by atoms with Crippen molar-refractivity contribution >= 4 is 17.9 Å². The third kappa shape index (κ3) is 15.6. The van der Waals surface area contributed by atoms with E-state index in [2.05, 4.69) is 20.8 Å². The van der Waals surface area contributed by atoms with Gasteiger partial charge in [0.2, 0.25) is 0 Å². The molecule has 0 fully saturated rings. The van der Waals surface area contributed by atoms with Crippen molar-refractivity contribution in [2.75, 3.05) is 39.6 Å². The SMILES string of the molecule is CCCCC(CC)C(=O)OCC(CC)(CO)COCC(CC)(COC(=O)C(CC)CCCC)COC(=O)C(CC)CCCC. The lowest BCUT2D eigenvalue weighted by molar-refractivity contribution is -0.166. The maximum absolute atomic E-state index is 13.0. The number of rotatable bonds is 28. The molecule has 0 saturated heterocycles. The summed E-state index contributed by atoms with van der Waals surface area (Å²) in [6.45, 7) is 16.6. The third-order valence-electron chi connectivity index (χ3n) is 9.41. The average molecular weight is 629 g/mol. The van der Waals surface area contributed by atoms with Gasteiger partial charge in [0.1, 0.15) is 19.8 Å². The Bertz CT molecular complexity index is 731. The molecule has 0 aliphatic carbocycles. The molecule has 0 saturated carbocycles. The van der Waals surface area contributed by atoms with Gasteiger partial charge in [-0.1, -0.05) is 93.9 Å². The zero-order valence-electron chi connectivity index (χ0n) is 29.7. The van der Waals surface area contributed by atoms with E-state index < -0.39 is 10.8 Å². The van der Waals surface area contributed by atoms with Gasteiger partial charge in [-0.3, -0.25) is 14.4 Å². The van der Waals surface area contributed by atoms with Crippen molar-refractivity contribution in [2.24, 2.45) is 28.6 Å². The van der Waals surface area contributed by atoms with E-state index in [1.165, 1.54) is 0 Å². The molecule has 260 valence electrons. The average Bonchev–Trinajstić information content (AvgIpc) is 3.04. The summed E-state index contributed by atoms with van der Waals surface area (Å²) in [6.07, 6.45) is 11.6. The van der Waals surface area contributed by atoms with Gasteiger partial charge in [0.05, 0.1) is 48.4 Å². The van der Waals surface area contributed by atoms with Crippen molar-refractivity contribution < 1.29 is 38.4 Å². The topological polar surface area (TPSA) is 108 Å². The minimum atomic E-state index is -0.757. The third-order valence-corrected chi connectivity index (χ3v) is 9.41. The molecule has 0 aliphatic heterocycles. The number of aliphatic hydroxyl groups excluding tert-OH is 1. The second-order valence-corrected chi connectivity index (χ2v) is 12.9. The van der Waals surface area contributed by atoms with Crippen LogP contribution in [0.5, 0.6) is 0 Å². The molecule has 8 heteroatoms. The van der Waals surface area contributed by atoms with E-state index in [1.54, 1.807) is 0 Å². The Kier molecular flexibility index (Phi) is 23.6. The van der Waals surface area contributed by atoms with Gasteiger partial charge in [0.25, 0.3) is 0 Å². The molecule has 0 amide bonds. The zero-order chi connectivity index (χ0) is 33.4. The second-order valence-electron chi connectivity index (χ2n) is 12.9. The molecule has 0 aliphatic rings. The van der Waals surface area contributed by atoms with Crippen molar-refractivity contribution in [3.8, 4) is 0 Å². The smallest absolute Gasteiger partial charge is 0.308 e. The van der Waals surface area contributed by atoms with E-state index in [1.807, 2.05) is 34.6 Å². The van der Waals surface area contributed by atoms with Crippen LogP contribution in [0.1, 0.15) is 145 Å². The highest BCUT2D eigenvalue weighted by Gasteiger charge is 2.37. The Morgan fingerprint density at radius 3 is 1.11 bits per heavy atom. The van der Waals surface area contributed by atoms with Gasteiger partial charge < -0.3 is 24.1 Å². The van der Waals surface area contributed by atoms with Crippen LogP contribution >= 0.6 is 0 Å². The molecule has 0 aromatic carbocycles. The highest BCUT2D eigenvalue weighted by molar-refractivity contribution is 5.73. The van der Waals surface area contributed by atoms with Gasteiger partial charge in [-0.05, 0) is 51.4 Å². The Morgan fingerprint density at radius 2 is 0.841 bits per heavy atom. The number of aliphatic hydroxyl groups is 1. The van der Waals surface area contributed by atoms with Crippen LogP contribution in [0, 0.1) is 28.6 Å². The predicted octanol–water partition coefficient (Wildman–Crippen LogP) is 8.07. The number of ether oxygens (including phenoxy) is 4. The van der Waals surface area contributed by atoms with Crippen LogP contribution < -0.4 is 0 Å². The number of carbonyl (C=O) groups excluding carboxylic acids is 3. The van der Waals surface area contributed by atoms with Crippen LogP contribution in [0.4, 0.5) is 0 Å². The first-order valence-electron chi connectivity index (χ1n) is 17.8. The minimum Gasteiger partial charge on any atom is -0.465 e. The van der Waals surface area contributed by atoms with E-state index in [0.29, 0.717) is 25.7 Å². The summed E-state index contributed by atoms with van der Waals surface area (Å²) in [4.78, 5) is 38.8. The van der Waals surface area contributed by atoms with Crippen LogP contribution in [-0.2, 0) is 33.3 Å². The molecule has 0 bridgehead atoms. The van der Waals surface area contributed by atoms with Crippen LogP contribution in [-0.4, -0.2) is 62.7 Å². The van der Waals surface area contributed by atoms with Gasteiger partial charge in [-0.2, -0.15) is 0 Å². The lowest BCUT2D eigenvalue weighted by Gasteiger charge is -2.35. The fourth-order valence-electron chi connectivity index (χ4n) is 5.21. The minimum absolute atomic E-state index is 0.0653. The maximum atomic E-state index is 13.0. The van der Waals surface area contributed by atoms with Gasteiger partial charge in [-0.25, -0.2) is 0 Å². The number of carbonyl (C=O) groups is 3. The summed E-state index contributed by atoms with van der Waals surface area (Å²) in [7, 11) is 0. The van der Waals surface area contributed by atoms with Crippen molar-refractivity contribution in [1.29, 1.82) is 0 Å². The first-order valence-corrected chi connectivity index (χ1v) is 17.8. The molecule has 0 heterocycles. The monoisotopic (exact) mass is 628 g/mol. The zero-order valence-corrected chi connectivity index (χ0v) is 29.7. The lowest BCUT2D eigenvalue weighted by atomic mass is 9.86. The molecule has 8 nitrogen and oxygen atoms in total. The van der Waals surface area contributed by atoms with Crippen molar-refractivity contribution in [2.45, 2.75) is 145 Å². The Balaban J connectivity index is 5.71. The number of hydrogen-bond acceptors (Lipinski definition) is 8. The normalized spacial score (nSPS) is 16.3. The van der Waals surface area contributed by atoms with E-state index in [4.69, 9.17) is 18.9 Å². The second kappa shape index (κ2) is 24.5. The van der Waals surface area contributed by atoms with Gasteiger partial charge >= 0.3 is 17.9 Å². The molecule has 1 N–H and O–H groups in total. The molecule has 0 aromatic rings. The highest BCUT2D eigenvalue weighted by atomic mass is 16.6. The standard InChI is InChI=1S/C36H68O8/c1-9-17-20-29(12-4)32(38)42-26-35(15-7,23-37)24-41-25-36(16-8,27-43-33(39)30(13-5)21-18-10-2)28-44-34(40)31(14-6)22-19-11-3/h29-31,37H,9-28H2,1-8H3. The highest BCUT2D eigenvalue weighted by Crippen LogP contribution is 2.30. The summed E-state index contributed by atoms with van der Waals surface area (Å²) in [5.41, 5.74) is -1.50. The number of unbranched alkanes of at least 4 members (excludes halogenated alkanes) is 3. The van der Waals surface area contributed by atoms with Crippen molar-refractivity contribution in [3.05, 3.63) is 0 Å². The van der Waals surface area contributed by atoms with Gasteiger partial charge in [-0.15, -0.1) is 0 Å². The van der Waals surface area contributed by atoms with Crippen molar-refractivity contribution in [3.63, 3.8) is 0 Å². The molecule has 0 radical (unpaired) electrons. The van der Waals surface area contributed by atoms with Crippen LogP contribution in [0.15, 0.2) is 0 Å². The number of hydrogen-bond donors (Lipinski definition) is 1. The molecule has 0 spiro atoms. The molecule has 4 unspecified atom stereocenters. The molecule has 0 aromatic heterocycles. The summed E-state index contributed by atoms with van der Waals surface area (Å²) in [5, 5.41) is 10.4. The summed E-state index contributed by atoms with van der Waals surface area (Å²) in [5.74, 6) is -1.14. The summed E-state index contributed by atoms with van der Waals surface area (Å²) >= 11 is 0. The first-order chi connectivity index (χ1) is 21.1. The molecular formula is C36H68O8. The molecular weight excluding hydrogens is 560 g/mol. The lowest BCUT2D eigenvalue weighted by Crippen LogP contribution is -2.42. The molecule has 0 rings (SSSR count). The number of esters is 3. The Labute approximate surface area is 269 Å². The summed E-state index contributed by atoms with van der Waals surface area (Å²) < 4.78 is 23.8. The predicted molar refractivity (Wildman–Crippen MR) is 176 cm³/mol. The first kappa shape index (κ1) is 42.3. The Morgan fingerprint density at radius 1 is 0.523 bits per heavy atom. The summed E-state index contributed by atoms with van der Waals surface area (Å²) in [6, 6.07) is 0. The maximum Gasteiger partial charge on any atom is 0.308 e. The quantitative estimate of drug-likeness (QED) is 0.0685. The van der Waals surface area contributed by atoms with Gasteiger partial charge in [0, 0.05) is 0 Å². The van der Waals surface area contributed by atoms with E-state index in [0.717, 1.165) is 64.2 Å².